The van der Waals surface area contributed by atoms with Crippen LogP contribution >= 0.6 is 0 Å². The van der Waals surface area contributed by atoms with Crippen molar-refractivity contribution in [1.29, 1.82) is 0 Å². The van der Waals surface area contributed by atoms with Crippen LogP contribution in [0, 0.1) is 5.92 Å². The number of piperidine rings is 1. The fourth-order valence-corrected chi connectivity index (χ4v) is 2.24. The van der Waals surface area contributed by atoms with Crippen molar-refractivity contribution in [3.63, 3.8) is 0 Å². The van der Waals surface area contributed by atoms with Crippen LogP contribution in [-0.4, -0.2) is 37.5 Å². The van der Waals surface area contributed by atoms with Gasteiger partial charge < -0.3 is 14.6 Å². The maximum absolute atomic E-state index is 11.6. The largest absolute Gasteiger partial charge is 0.459 e. The molecular weight excluding hydrogens is 216 g/mol. The first-order valence-electron chi connectivity index (χ1n) is 6.26. The number of furan rings is 1. The Balaban J connectivity index is 1.64. The van der Waals surface area contributed by atoms with Crippen LogP contribution in [0.15, 0.2) is 22.8 Å². The molecule has 1 fully saturated rings. The van der Waals surface area contributed by atoms with E-state index in [0.29, 0.717) is 5.76 Å². The smallest absolute Gasteiger partial charge is 0.286 e. The Kier molecular flexibility index (Phi) is 4.20. The molecule has 0 radical (unpaired) electrons. The lowest BCUT2D eigenvalue weighted by Gasteiger charge is -2.28. The van der Waals surface area contributed by atoms with Crippen LogP contribution in [0.5, 0.6) is 0 Å². The third-order valence-electron chi connectivity index (χ3n) is 3.42. The Labute approximate surface area is 102 Å². The molecule has 0 aliphatic carbocycles. The molecule has 94 valence electrons. The number of nitrogens with zero attached hydrogens (tertiary/aromatic N) is 1. The van der Waals surface area contributed by atoms with E-state index in [1.165, 1.54) is 32.2 Å². The van der Waals surface area contributed by atoms with Gasteiger partial charge in [-0.05, 0) is 57.5 Å². The van der Waals surface area contributed by atoms with Crippen molar-refractivity contribution in [3.05, 3.63) is 24.2 Å². The molecule has 1 amide bonds. The summed E-state index contributed by atoms with van der Waals surface area (Å²) in [4.78, 5) is 13.9. The summed E-state index contributed by atoms with van der Waals surface area (Å²) in [5, 5.41) is 2.90. The number of carbonyl (C=O) groups excluding carboxylic acids is 1. The quantitative estimate of drug-likeness (QED) is 0.866. The molecule has 1 aliphatic heterocycles. The van der Waals surface area contributed by atoms with E-state index in [1.54, 1.807) is 12.1 Å². The molecule has 4 nitrogen and oxygen atoms in total. The minimum absolute atomic E-state index is 0.108. The molecular formula is C13H20N2O2. The Hall–Kier alpha value is -1.29. The van der Waals surface area contributed by atoms with Crippen molar-refractivity contribution in [2.75, 3.05) is 26.7 Å². The van der Waals surface area contributed by atoms with E-state index in [4.69, 9.17) is 4.42 Å². The van der Waals surface area contributed by atoms with Crippen molar-refractivity contribution in [1.82, 2.24) is 10.2 Å². The van der Waals surface area contributed by atoms with Gasteiger partial charge in [0.1, 0.15) is 0 Å². The lowest BCUT2D eigenvalue weighted by atomic mass is 9.94. The predicted molar refractivity (Wildman–Crippen MR) is 65.9 cm³/mol. The second kappa shape index (κ2) is 5.87. The molecule has 17 heavy (non-hydrogen) atoms. The number of hydrogen-bond acceptors (Lipinski definition) is 3. The van der Waals surface area contributed by atoms with Gasteiger partial charge in [0, 0.05) is 6.54 Å². The minimum atomic E-state index is -0.108. The van der Waals surface area contributed by atoms with Crippen LogP contribution in [-0.2, 0) is 0 Å². The fourth-order valence-electron chi connectivity index (χ4n) is 2.24. The third-order valence-corrected chi connectivity index (χ3v) is 3.42. The van der Waals surface area contributed by atoms with Gasteiger partial charge in [-0.1, -0.05) is 0 Å². The first-order valence-corrected chi connectivity index (χ1v) is 6.26. The monoisotopic (exact) mass is 236 g/mol. The molecule has 1 aromatic heterocycles. The Bertz CT molecular complexity index is 340. The van der Waals surface area contributed by atoms with Crippen molar-refractivity contribution < 1.29 is 9.21 Å². The molecule has 1 aliphatic rings. The van der Waals surface area contributed by atoms with E-state index < -0.39 is 0 Å². The molecule has 0 bridgehead atoms. The highest BCUT2D eigenvalue weighted by atomic mass is 16.3. The molecule has 2 rings (SSSR count). The topological polar surface area (TPSA) is 45.5 Å². The maximum atomic E-state index is 11.6. The van der Waals surface area contributed by atoms with Gasteiger partial charge in [0.15, 0.2) is 5.76 Å². The van der Waals surface area contributed by atoms with Gasteiger partial charge in [-0.15, -0.1) is 0 Å². The van der Waals surface area contributed by atoms with Crippen molar-refractivity contribution in [2.45, 2.75) is 19.3 Å². The van der Waals surface area contributed by atoms with Crippen LogP contribution < -0.4 is 5.32 Å². The lowest BCUT2D eigenvalue weighted by molar-refractivity contribution is 0.0921. The summed E-state index contributed by atoms with van der Waals surface area (Å²) in [6.45, 7) is 3.10. The van der Waals surface area contributed by atoms with Crippen LogP contribution in [0.25, 0.3) is 0 Å². The van der Waals surface area contributed by atoms with Gasteiger partial charge in [-0.2, -0.15) is 0 Å². The van der Waals surface area contributed by atoms with Gasteiger partial charge in [0.2, 0.25) is 0 Å². The molecule has 0 aromatic carbocycles. The maximum Gasteiger partial charge on any atom is 0.286 e. The molecule has 0 spiro atoms. The summed E-state index contributed by atoms with van der Waals surface area (Å²) in [5.41, 5.74) is 0. The van der Waals surface area contributed by atoms with E-state index in [1.807, 2.05) is 0 Å². The molecule has 0 unspecified atom stereocenters. The van der Waals surface area contributed by atoms with E-state index in [-0.39, 0.29) is 5.91 Å². The Morgan fingerprint density at radius 1 is 1.53 bits per heavy atom. The zero-order valence-corrected chi connectivity index (χ0v) is 10.3. The number of amides is 1. The highest BCUT2D eigenvalue weighted by molar-refractivity contribution is 5.91. The number of nitrogens with one attached hydrogen (secondary N) is 1. The lowest BCUT2D eigenvalue weighted by Crippen LogP contribution is -2.32. The number of hydrogen-bond donors (Lipinski definition) is 1. The number of rotatable bonds is 4. The van der Waals surface area contributed by atoms with Crippen LogP contribution in [0.3, 0.4) is 0 Å². The SMILES string of the molecule is CN1CCC(CCNC(=O)c2ccco2)CC1. The third kappa shape index (κ3) is 3.60. The van der Waals surface area contributed by atoms with Crippen molar-refractivity contribution >= 4 is 5.91 Å². The minimum Gasteiger partial charge on any atom is -0.459 e. The summed E-state index contributed by atoms with van der Waals surface area (Å²) >= 11 is 0. The highest BCUT2D eigenvalue weighted by Gasteiger charge is 2.16. The zero-order chi connectivity index (χ0) is 12.1. The summed E-state index contributed by atoms with van der Waals surface area (Å²) in [7, 11) is 2.16. The molecule has 1 saturated heterocycles. The van der Waals surface area contributed by atoms with Gasteiger partial charge in [-0.25, -0.2) is 0 Å². The highest BCUT2D eigenvalue weighted by Crippen LogP contribution is 2.18. The predicted octanol–water partition coefficient (Wildman–Crippen LogP) is 1.74. The van der Waals surface area contributed by atoms with E-state index in [2.05, 4.69) is 17.3 Å². The Morgan fingerprint density at radius 3 is 2.94 bits per heavy atom. The molecule has 0 atom stereocenters. The molecule has 1 N–H and O–H groups in total. The average molecular weight is 236 g/mol. The summed E-state index contributed by atoms with van der Waals surface area (Å²) < 4.78 is 5.03. The Morgan fingerprint density at radius 2 is 2.29 bits per heavy atom. The summed E-state index contributed by atoms with van der Waals surface area (Å²) in [5.74, 6) is 1.04. The van der Waals surface area contributed by atoms with Gasteiger partial charge in [0.05, 0.1) is 6.26 Å². The van der Waals surface area contributed by atoms with E-state index in [9.17, 15) is 4.79 Å². The first kappa shape index (κ1) is 12.2. The van der Waals surface area contributed by atoms with Crippen LogP contribution in [0.2, 0.25) is 0 Å². The summed E-state index contributed by atoms with van der Waals surface area (Å²) in [6.07, 6.45) is 5.08. The van der Waals surface area contributed by atoms with E-state index >= 15 is 0 Å². The second-order valence-corrected chi connectivity index (χ2v) is 4.77. The van der Waals surface area contributed by atoms with Gasteiger partial charge >= 0.3 is 0 Å². The average Bonchev–Trinajstić information content (AvgIpc) is 2.85. The normalized spacial score (nSPS) is 18.2. The summed E-state index contributed by atoms with van der Waals surface area (Å²) in [6, 6.07) is 3.41. The molecule has 1 aromatic rings. The van der Waals surface area contributed by atoms with E-state index in [0.717, 1.165) is 18.9 Å². The van der Waals surface area contributed by atoms with Crippen LogP contribution in [0.4, 0.5) is 0 Å². The standard InChI is InChI=1S/C13H20N2O2/c1-15-8-5-11(6-9-15)4-7-14-13(16)12-3-2-10-17-12/h2-3,10-11H,4-9H2,1H3,(H,14,16). The second-order valence-electron chi connectivity index (χ2n) is 4.77. The number of likely N-dealkylation sites (tertiary alicyclic amines) is 1. The molecule has 4 heteroatoms. The fraction of sp³-hybridized carbons (Fsp3) is 0.615. The van der Waals surface area contributed by atoms with Gasteiger partial charge in [-0.3, -0.25) is 4.79 Å². The van der Waals surface area contributed by atoms with Crippen molar-refractivity contribution in [3.8, 4) is 0 Å². The first-order chi connectivity index (χ1) is 8.25. The van der Waals surface area contributed by atoms with Crippen LogP contribution in [0.1, 0.15) is 29.8 Å². The molecule has 2 heterocycles. The zero-order valence-electron chi connectivity index (χ0n) is 10.3. The molecule has 0 saturated carbocycles. The number of carbonyl (C=O) groups is 1. The van der Waals surface area contributed by atoms with Gasteiger partial charge in [0.25, 0.3) is 5.91 Å². The van der Waals surface area contributed by atoms with Crippen molar-refractivity contribution in [2.24, 2.45) is 5.92 Å².